The molecule has 0 aromatic rings. The van der Waals surface area contributed by atoms with Crippen molar-refractivity contribution in [3.63, 3.8) is 0 Å². The molecule has 0 aromatic carbocycles. The molecule has 0 radical (unpaired) electrons. The van der Waals surface area contributed by atoms with E-state index in [0.717, 1.165) is 0 Å². The van der Waals surface area contributed by atoms with Crippen molar-refractivity contribution in [2.24, 2.45) is 17.3 Å². The number of hydrogen-bond acceptors (Lipinski definition) is 8. The van der Waals surface area contributed by atoms with Crippen LogP contribution in [-0.4, -0.2) is 73.7 Å². The summed E-state index contributed by atoms with van der Waals surface area (Å²) in [5, 5.41) is 4.60. The van der Waals surface area contributed by atoms with Crippen LogP contribution < -0.4 is 10.6 Å². The van der Waals surface area contributed by atoms with Crippen LogP contribution in [0.4, 0.5) is 18.0 Å². The van der Waals surface area contributed by atoms with E-state index in [1.807, 2.05) is 0 Å². The molecule has 2 amide bonds. The van der Waals surface area contributed by atoms with Crippen molar-refractivity contribution >= 4 is 18.0 Å². The van der Waals surface area contributed by atoms with Crippen molar-refractivity contribution in [3.8, 4) is 0 Å². The predicted molar refractivity (Wildman–Crippen MR) is 119 cm³/mol. The minimum absolute atomic E-state index is 0.0956. The second-order valence-electron chi connectivity index (χ2n) is 11.0. The molecule has 2 N–H and O–H groups in total. The average Bonchev–Trinajstić information content (AvgIpc) is 2.72. The molecule has 0 saturated carbocycles. The Kier molecular flexibility index (Phi) is 8.95. The number of alkyl halides is 3. The molecule has 3 aliphatic heterocycles. The van der Waals surface area contributed by atoms with Crippen LogP contribution in [0.2, 0.25) is 0 Å². The molecule has 0 aromatic heterocycles. The third kappa shape index (κ3) is 7.45. The van der Waals surface area contributed by atoms with Crippen LogP contribution in [0.5, 0.6) is 0 Å². The first kappa shape index (κ1) is 30.1. The maximum absolute atomic E-state index is 13.9. The van der Waals surface area contributed by atoms with E-state index >= 15 is 0 Å². The molecule has 3 fully saturated rings. The summed E-state index contributed by atoms with van der Waals surface area (Å²) in [6, 6.07) is -2.33. The normalized spacial score (nSPS) is 26.8. The summed E-state index contributed by atoms with van der Waals surface area (Å²) < 4.78 is 68.0. The van der Waals surface area contributed by atoms with Crippen LogP contribution in [0.25, 0.3) is 0 Å². The van der Waals surface area contributed by atoms with Gasteiger partial charge in [0.05, 0.1) is 25.2 Å². The van der Waals surface area contributed by atoms with Crippen LogP contribution in [0, 0.1) is 17.3 Å². The quantitative estimate of drug-likeness (QED) is 0.463. The van der Waals surface area contributed by atoms with Gasteiger partial charge in [-0.15, -0.1) is 0 Å². The minimum Gasteiger partial charge on any atom is -0.444 e. The zero-order valence-electron chi connectivity index (χ0n) is 21.9. The first-order chi connectivity index (χ1) is 16.3. The molecular formula is C23H37F3N2O8. The van der Waals surface area contributed by atoms with Crippen LogP contribution in [0.3, 0.4) is 0 Å². The largest absolute Gasteiger partial charge is 0.444 e. The Morgan fingerprint density at radius 2 is 1.39 bits per heavy atom. The second kappa shape index (κ2) is 10.7. The number of nitrogens with one attached hydrogen (secondary N) is 2. The number of ether oxygens (including phenoxy) is 5. The fourth-order valence-electron chi connectivity index (χ4n) is 3.99. The minimum atomic E-state index is -5.21. The van der Waals surface area contributed by atoms with Gasteiger partial charge in [-0.1, -0.05) is 27.7 Å². The van der Waals surface area contributed by atoms with Gasteiger partial charge in [0, 0.05) is 13.0 Å². The number of alkyl carbamates (subject to hydrolysis) is 1. The number of halogens is 3. The van der Waals surface area contributed by atoms with Gasteiger partial charge in [0.25, 0.3) is 18.0 Å². The molecule has 3 saturated heterocycles. The number of carbonyl (C=O) groups is 3. The molecule has 2 bridgehead atoms. The number of carbonyl (C=O) groups excluding carboxylic acids is 3. The Morgan fingerprint density at radius 3 is 1.78 bits per heavy atom. The van der Waals surface area contributed by atoms with E-state index in [1.54, 1.807) is 41.5 Å². The van der Waals surface area contributed by atoms with Crippen molar-refractivity contribution in [3.05, 3.63) is 0 Å². The molecule has 10 nitrogen and oxygen atoms in total. The molecule has 3 aliphatic rings. The molecule has 13 heteroatoms. The van der Waals surface area contributed by atoms with Gasteiger partial charge in [-0.05, 0) is 32.6 Å². The number of esters is 1. The summed E-state index contributed by atoms with van der Waals surface area (Å²) in [5.41, 5.74) is -1.83. The van der Waals surface area contributed by atoms with Crippen LogP contribution >= 0.6 is 0 Å². The molecule has 36 heavy (non-hydrogen) atoms. The van der Waals surface area contributed by atoms with Crippen LogP contribution in [-0.2, 0) is 33.3 Å². The lowest BCUT2D eigenvalue weighted by atomic mass is 9.75. The van der Waals surface area contributed by atoms with Gasteiger partial charge in [0.2, 0.25) is 0 Å². The fourth-order valence-corrected chi connectivity index (χ4v) is 3.99. The Morgan fingerprint density at radius 1 is 0.889 bits per heavy atom. The van der Waals surface area contributed by atoms with Gasteiger partial charge >= 0.3 is 18.2 Å². The molecule has 0 unspecified atom stereocenters. The SMILES string of the molecule is CC(C)[C@@H](NC(=O)OC(C)(C)C)C(=O)O[C@H](C(=O)N[C@@H](C(C)C)C12COC(C)(OC1)OC2)C(F)(F)F. The highest BCUT2D eigenvalue weighted by Crippen LogP contribution is 2.42. The summed E-state index contributed by atoms with van der Waals surface area (Å²) in [5.74, 6) is -5.20. The number of fused-ring (bicyclic) bond motifs is 3. The molecule has 0 aliphatic carbocycles. The summed E-state index contributed by atoms with van der Waals surface area (Å²) in [6.45, 7) is 13.1. The molecule has 3 atom stereocenters. The molecule has 208 valence electrons. The summed E-state index contributed by atoms with van der Waals surface area (Å²) in [7, 11) is 0. The second-order valence-corrected chi connectivity index (χ2v) is 11.0. The highest BCUT2D eigenvalue weighted by Gasteiger charge is 2.56. The first-order valence-corrected chi connectivity index (χ1v) is 11.8. The van der Waals surface area contributed by atoms with Crippen molar-refractivity contribution in [2.75, 3.05) is 19.8 Å². The summed E-state index contributed by atoms with van der Waals surface area (Å²) >= 11 is 0. The van der Waals surface area contributed by atoms with Gasteiger partial charge in [0.1, 0.15) is 11.6 Å². The van der Waals surface area contributed by atoms with Crippen molar-refractivity contribution in [1.82, 2.24) is 10.6 Å². The molecule has 3 heterocycles. The van der Waals surface area contributed by atoms with Crippen molar-refractivity contribution in [2.45, 2.75) is 91.3 Å². The topological polar surface area (TPSA) is 121 Å². The first-order valence-electron chi connectivity index (χ1n) is 11.8. The Labute approximate surface area is 208 Å². The third-order valence-corrected chi connectivity index (χ3v) is 5.85. The standard InChI is InChI=1S/C23H37F3N2O8/c1-12(2)14(27-19(31)36-20(5,6)7)18(30)35-16(23(24,25)26)17(29)28-15(13(3)4)22-9-32-21(8,33-10-22)34-11-22/h12-16H,9-11H2,1-8H3,(H,27,31)(H,28,29)/t14-,15+,16-,21?,22?/m1/s1. The number of amides is 2. The maximum Gasteiger partial charge on any atom is 0.434 e. The van der Waals surface area contributed by atoms with E-state index in [9.17, 15) is 27.6 Å². The monoisotopic (exact) mass is 526 g/mol. The predicted octanol–water partition coefficient (Wildman–Crippen LogP) is 2.89. The lowest BCUT2D eigenvalue weighted by molar-refractivity contribution is -0.463. The fraction of sp³-hybridized carbons (Fsp3) is 0.870. The molecule has 3 rings (SSSR count). The van der Waals surface area contributed by atoms with E-state index < -0.39 is 65.2 Å². The summed E-state index contributed by atoms with van der Waals surface area (Å²) in [4.78, 5) is 37.7. The van der Waals surface area contributed by atoms with E-state index in [4.69, 9.17) is 18.9 Å². The van der Waals surface area contributed by atoms with E-state index in [-0.39, 0.29) is 25.7 Å². The zero-order valence-corrected chi connectivity index (χ0v) is 21.9. The van der Waals surface area contributed by atoms with Gasteiger partial charge in [0.15, 0.2) is 0 Å². The average molecular weight is 527 g/mol. The van der Waals surface area contributed by atoms with E-state index in [1.165, 1.54) is 13.8 Å². The lowest BCUT2D eigenvalue weighted by Crippen LogP contribution is -2.68. The Balaban J connectivity index is 2.19. The van der Waals surface area contributed by atoms with Crippen molar-refractivity contribution < 1.29 is 51.2 Å². The number of hydrogen-bond donors (Lipinski definition) is 2. The van der Waals surface area contributed by atoms with Crippen LogP contribution in [0.1, 0.15) is 55.4 Å². The highest BCUT2D eigenvalue weighted by molar-refractivity contribution is 5.87. The lowest BCUT2D eigenvalue weighted by Gasteiger charge is -2.54. The zero-order chi connectivity index (χ0) is 27.7. The Hall–Kier alpha value is -2.12. The van der Waals surface area contributed by atoms with Gasteiger partial charge in [-0.2, -0.15) is 13.2 Å². The molecular weight excluding hydrogens is 489 g/mol. The maximum atomic E-state index is 13.9. The van der Waals surface area contributed by atoms with Gasteiger partial charge in [-0.3, -0.25) is 4.79 Å². The van der Waals surface area contributed by atoms with Crippen molar-refractivity contribution in [1.29, 1.82) is 0 Å². The summed E-state index contributed by atoms with van der Waals surface area (Å²) in [6.07, 6.45) is -9.33. The van der Waals surface area contributed by atoms with Crippen LogP contribution in [0.15, 0.2) is 0 Å². The Bertz CT molecular complexity index is 801. The van der Waals surface area contributed by atoms with E-state index in [0.29, 0.717) is 0 Å². The highest BCUT2D eigenvalue weighted by atomic mass is 19.4. The third-order valence-electron chi connectivity index (χ3n) is 5.85. The van der Waals surface area contributed by atoms with Gasteiger partial charge < -0.3 is 34.3 Å². The number of rotatable bonds is 8. The molecule has 0 spiro atoms. The van der Waals surface area contributed by atoms with E-state index in [2.05, 4.69) is 15.4 Å². The van der Waals surface area contributed by atoms with Gasteiger partial charge in [-0.25, -0.2) is 9.59 Å². The smallest absolute Gasteiger partial charge is 0.434 e.